The molecule has 0 aliphatic carbocycles. The minimum Gasteiger partial charge on any atom is -0.322 e. The summed E-state index contributed by atoms with van der Waals surface area (Å²) in [5.74, 6) is 0.193. The number of amides is 1. The lowest BCUT2D eigenvalue weighted by atomic mass is 10.1. The first-order valence-electron chi connectivity index (χ1n) is 11.0. The fourth-order valence-corrected chi connectivity index (χ4v) is 6.19. The standard InChI is InChI=1S/C23H32ClN3OS/c1-25-11-6-10-20(25)17-21-22(28)27(15-7-14-26-12-3-2-4-13-26)23(29-21)18-8-5-9-19(24)16-18/h5,8-9,16-17,20,23H,2-4,6-7,10-15H2,1H3/b21-17+. The zero-order valence-electron chi connectivity index (χ0n) is 17.4. The van der Waals surface area contributed by atoms with Crippen LogP contribution < -0.4 is 0 Å². The first-order chi connectivity index (χ1) is 14.1. The molecule has 3 fully saturated rings. The number of hydrogen-bond donors (Lipinski definition) is 0. The molecule has 3 heterocycles. The van der Waals surface area contributed by atoms with Gasteiger partial charge in [0.15, 0.2) is 0 Å². The summed E-state index contributed by atoms with van der Waals surface area (Å²) in [6, 6.07) is 8.38. The fraction of sp³-hybridized carbons (Fsp3) is 0.609. The molecule has 0 saturated carbocycles. The van der Waals surface area contributed by atoms with Gasteiger partial charge < -0.3 is 9.80 Å². The van der Waals surface area contributed by atoms with Gasteiger partial charge in [-0.3, -0.25) is 9.69 Å². The molecule has 1 aromatic rings. The summed E-state index contributed by atoms with van der Waals surface area (Å²) >= 11 is 7.97. The Labute approximate surface area is 184 Å². The van der Waals surface area contributed by atoms with Gasteiger partial charge in [-0.05, 0) is 89.1 Å². The molecule has 0 radical (unpaired) electrons. The largest absolute Gasteiger partial charge is 0.322 e. The van der Waals surface area contributed by atoms with Crippen molar-refractivity contribution in [2.75, 3.05) is 39.8 Å². The third kappa shape index (κ3) is 5.19. The van der Waals surface area contributed by atoms with Crippen LogP contribution in [0.25, 0.3) is 0 Å². The third-order valence-corrected chi connectivity index (χ3v) is 7.92. The predicted octanol–water partition coefficient (Wildman–Crippen LogP) is 4.77. The van der Waals surface area contributed by atoms with Gasteiger partial charge in [0.1, 0.15) is 5.37 Å². The van der Waals surface area contributed by atoms with Crippen molar-refractivity contribution < 1.29 is 4.79 Å². The molecule has 0 N–H and O–H groups in total. The third-order valence-electron chi connectivity index (χ3n) is 6.37. The molecule has 3 aliphatic rings. The zero-order chi connectivity index (χ0) is 20.2. The van der Waals surface area contributed by atoms with E-state index in [2.05, 4.69) is 33.9 Å². The highest BCUT2D eigenvalue weighted by molar-refractivity contribution is 8.04. The molecule has 3 aliphatic heterocycles. The van der Waals surface area contributed by atoms with E-state index >= 15 is 0 Å². The molecule has 3 saturated heterocycles. The Morgan fingerprint density at radius 2 is 1.97 bits per heavy atom. The Bertz CT molecular complexity index is 749. The average Bonchev–Trinajstić information content (AvgIpc) is 3.27. The number of piperidine rings is 1. The molecule has 0 bridgehead atoms. The normalized spacial score (nSPS) is 28.0. The highest BCUT2D eigenvalue weighted by Crippen LogP contribution is 2.46. The van der Waals surface area contributed by atoms with Crippen molar-refractivity contribution in [3.05, 3.63) is 45.8 Å². The Morgan fingerprint density at radius 3 is 2.69 bits per heavy atom. The summed E-state index contributed by atoms with van der Waals surface area (Å²) in [6.07, 6.45) is 9.57. The number of rotatable bonds is 6. The van der Waals surface area contributed by atoms with E-state index in [4.69, 9.17) is 11.6 Å². The molecule has 2 unspecified atom stereocenters. The Balaban J connectivity index is 1.48. The van der Waals surface area contributed by atoms with Crippen LogP contribution in [-0.2, 0) is 4.79 Å². The minimum atomic E-state index is 0.0283. The molecule has 158 valence electrons. The van der Waals surface area contributed by atoms with Crippen molar-refractivity contribution in [3.63, 3.8) is 0 Å². The molecule has 0 aromatic heterocycles. The van der Waals surface area contributed by atoms with Crippen LogP contribution in [0.1, 0.15) is 49.5 Å². The van der Waals surface area contributed by atoms with Gasteiger partial charge in [-0.15, -0.1) is 0 Å². The molecule has 4 nitrogen and oxygen atoms in total. The SMILES string of the molecule is CN1CCCC1/C=C1/SC(c2cccc(Cl)c2)N(CCCN2CCCCC2)C1=O. The van der Waals surface area contributed by atoms with Gasteiger partial charge in [0.2, 0.25) is 0 Å². The molecular formula is C23H32ClN3OS. The second-order valence-electron chi connectivity index (χ2n) is 8.50. The first-order valence-corrected chi connectivity index (χ1v) is 12.2. The Hall–Kier alpha value is -1.01. The van der Waals surface area contributed by atoms with E-state index < -0.39 is 0 Å². The minimum absolute atomic E-state index is 0.0283. The smallest absolute Gasteiger partial charge is 0.261 e. The Kier molecular flexibility index (Phi) is 7.22. The van der Waals surface area contributed by atoms with Gasteiger partial charge in [0.25, 0.3) is 5.91 Å². The lowest BCUT2D eigenvalue weighted by Gasteiger charge is -2.28. The molecule has 2 atom stereocenters. The summed E-state index contributed by atoms with van der Waals surface area (Å²) in [6.45, 7) is 5.42. The number of carbonyl (C=O) groups is 1. The second kappa shape index (κ2) is 9.86. The summed E-state index contributed by atoms with van der Waals surface area (Å²) in [7, 11) is 2.16. The maximum atomic E-state index is 13.3. The fourth-order valence-electron chi connectivity index (χ4n) is 4.69. The Morgan fingerprint density at radius 1 is 1.14 bits per heavy atom. The maximum absolute atomic E-state index is 13.3. The summed E-state index contributed by atoms with van der Waals surface area (Å²) in [5, 5.41) is 0.761. The van der Waals surface area contributed by atoms with E-state index in [0.29, 0.717) is 6.04 Å². The highest BCUT2D eigenvalue weighted by Gasteiger charge is 2.37. The molecule has 6 heteroatoms. The lowest BCUT2D eigenvalue weighted by molar-refractivity contribution is -0.126. The van der Waals surface area contributed by atoms with Crippen molar-refractivity contribution >= 4 is 29.3 Å². The molecule has 4 rings (SSSR count). The van der Waals surface area contributed by atoms with Gasteiger partial charge in [0, 0.05) is 17.6 Å². The molecule has 29 heavy (non-hydrogen) atoms. The van der Waals surface area contributed by atoms with Gasteiger partial charge in [-0.25, -0.2) is 0 Å². The average molecular weight is 434 g/mol. The highest BCUT2D eigenvalue weighted by atomic mass is 35.5. The van der Waals surface area contributed by atoms with Crippen LogP contribution >= 0.6 is 23.4 Å². The second-order valence-corrected chi connectivity index (χ2v) is 10.1. The monoisotopic (exact) mass is 433 g/mol. The summed E-state index contributed by atoms with van der Waals surface area (Å²) < 4.78 is 0. The molecule has 1 aromatic carbocycles. The topological polar surface area (TPSA) is 26.8 Å². The van der Waals surface area contributed by atoms with Crippen LogP contribution in [0.4, 0.5) is 0 Å². The van der Waals surface area contributed by atoms with E-state index in [0.717, 1.165) is 48.0 Å². The predicted molar refractivity (Wildman–Crippen MR) is 122 cm³/mol. The number of nitrogens with zero attached hydrogens (tertiary/aromatic N) is 3. The number of hydrogen-bond acceptors (Lipinski definition) is 4. The van der Waals surface area contributed by atoms with Crippen molar-refractivity contribution in [3.8, 4) is 0 Å². The molecule has 1 amide bonds. The van der Waals surface area contributed by atoms with E-state index in [1.807, 2.05) is 18.2 Å². The van der Waals surface area contributed by atoms with Crippen molar-refractivity contribution in [1.29, 1.82) is 0 Å². The van der Waals surface area contributed by atoms with Crippen LogP contribution in [0.3, 0.4) is 0 Å². The maximum Gasteiger partial charge on any atom is 0.261 e. The van der Waals surface area contributed by atoms with E-state index in [9.17, 15) is 4.79 Å². The van der Waals surface area contributed by atoms with Crippen molar-refractivity contribution in [1.82, 2.24) is 14.7 Å². The van der Waals surface area contributed by atoms with Gasteiger partial charge in [-0.1, -0.05) is 41.9 Å². The van der Waals surface area contributed by atoms with E-state index in [1.54, 1.807) is 11.8 Å². The van der Waals surface area contributed by atoms with E-state index in [-0.39, 0.29) is 11.3 Å². The van der Waals surface area contributed by atoms with Crippen LogP contribution in [0.2, 0.25) is 5.02 Å². The number of benzene rings is 1. The number of thioether (sulfide) groups is 1. The van der Waals surface area contributed by atoms with Gasteiger partial charge >= 0.3 is 0 Å². The van der Waals surface area contributed by atoms with Gasteiger partial charge in [-0.2, -0.15) is 0 Å². The van der Waals surface area contributed by atoms with Gasteiger partial charge in [0.05, 0.1) is 4.91 Å². The van der Waals surface area contributed by atoms with Crippen LogP contribution in [-0.4, -0.2) is 66.4 Å². The first kappa shape index (κ1) is 21.2. The molecule has 0 spiro atoms. The van der Waals surface area contributed by atoms with Crippen LogP contribution in [0.15, 0.2) is 35.2 Å². The number of likely N-dealkylation sites (N-methyl/N-ethyl adjacent to an activating group) is 1. The van der Waals surface area contributed by atoms with Crippen LogP contribution in [0.5, 0.6) is 0 Å². The lowest BCUT2D eigenvalue weighted by Crippen LogP contribution is -2.34. The van der Waals surface area contributed by atoms with Crippen molar-refractivity contribution in [2.24, 2.45) is 0 Å². The molecular weight excluding hydrogens is 402 g/mol. The van der Waals surface area contributed by atoms with Crippen LogP contribution in [0, 0.1) is 0 Å². The van der Waals surface area contributed by atoms with E-state index in [1.165, 1.54) is 38.8 Å². The quantitative estimate of drug-likeness (QED) is 0.604. The number of likely N-dealkylation sites (tertiary alicyclic amines) is 2. The summed E-state index contributed by atoms with van der Waals surface area (Å²) in [5.41, 5.74) is 1.12. The summed E-state index contributed by atoms with van der Waals surface area (Å²) in [4.78, 5) is 21.2. The van der Waals surface area contributed by atoms with Crippen molar-refractivity contribution in [2.45, 2.75) is 49.9 Å². The zero-order valence-corrected chi connectivity index (χ0v) is 18.9. The number of carbonyl (C=O) groups excluding carboxylic acids is 1. The number of halogens is 1.